The highest BCUT2D eigenvalue weighted by atomic mass is 32.2. The lowest BCUT2D eigenvalue weighted by Crippen LogP contribution is -2.31. The number of hydrogen-bond acceptors (Lipinski definition) is 4. The van der Waals surface area contributed by atoms with Crippen molar-refractivity contribution in [3.63, 3.8) is 0 Å². The number of thioether (sulfide) groups is 1. The van der Waals surface area contributed by atoms with E-state index in [1.165, 1.54) is 11.8 Å². The van der Waals surface area contributed by atoms with Gasteiger partial charge in [-0.2, -0.15) is 11.8 Å². The number of carboxylic acids is 1. The van der Waals surface area contributed by atoms with Gasteiger partial charge in [-0.25, -0.2) is 0 Å². The molecular formula is C12H20O4S. The quantitative estimate of drug-likeness (QED) is 0.562. The van der Waals surface area contributed by atoms with Crippen molar-refractivity contribution in [2.75, 3.05) is 11.5 Å². The van der Waals surface area contributed by atoms with Crippen LogP contribution in [0, 0.1) is 5.92 Å². The third-order valence-electron chi connectivity index (χ3n) is 2.86. The van der Waals surface area contributed by atoms with E-state index in [9.17, 15) is 9.59 Å². The number of aliphatic carboxylic acids is 1. The van der Waals surface area contributed by atoms with Gasteiger partial charge < -0.3 is 9.84 Å². The van der Waals surface area contributed by atoms with Crippen LogP contribution >= 0.6 is 11.8 Å². The average Bonchev–Trinajstić information content (AvgIpc) is 2.72. The Kier molecular flexibility index (Phi) is 6.40. The van der Waals surface area contributed by atoms with Crippen LogP contribution in [0.5, 0.6) is 0 Å². The minimum absolute atomic E-state index is 0.250. The zero-order valence-electron chi connectivity index (χ0n) is 10.2. The van der Waals surface area contributed by atoms with Crippen LogP contribution in [0.1, 0.15) is 39.0 Å². The SMILES string of the molecule is CCCCCCC(=O)OC1CSCC1C(=O)O. The molecule has 1 saturated heterocycles. The third kappa shape index (κ3) is 4.98. The molecule has 1 heterocycles. The molecule has 1 fully saturated rings. The lowest BCUT2D eigenvalue weighted by atomic mass is 10.1. The monoisotopic (exact) mass is 260 g/mol. The highest BCUT2D eigenvalue weighted by Crippen LogP contribution is 2.27. The van der Waals surface area contributed by atoms with Crippen LogP contribution < -0.4 is 0 Å². The number of rotatable bonds is 7. The number of carbonyl (C=O) groups excluding carboxylic acids is 1. The Morgan fingerprint density at radius 3 is 2.71 bits per heavy atom. The summed E-state index contributed by atoms with van der Waals surface area (Å²) in [6.07, 6.45) is 4.11. The van der Waals surface area contributed by atoms with Gasteiger partial charge in [0, 0.05) is 17.9 Å². The third-order valence-corrected chi connectivity index (χ3v) is 4.02. The number of carbonyl (C=O) groups is 2. The van der Waals surface area contributed by atoms with Gasteiger partial charge in [0.15, 0.2) is 0 Å². The van der Waals surface area contributed by atoms with Gasteiger partial charge in [0.1, 0.15) is 12.0 Å². The van der Waals surface area contributed by atoms with E-state index in [4.69, 9.17) is 9.84 Å². The Morgan fingerprint density at radius 2 is 2.06 bits per heavy atom. The summed E-state index contributed by atoms with van der Waals surface area (Å²) >= 11 is 1.53. The Morgan fingerprint density at radius 1 is 1.29 bits per heavy atom. The van der Waals surface area contributed by atoms with Gasteiger partial charge in [-0.3, -0.25) is 9.59 Å². The number of esters is 1. The zero-order valence-corrected chi connectivity index (χ0v) is 11.0. The van der Waals surface area contributed by atoms with E-state index in [1.807, 2.05) is 0 Å². The van der Waals surface area contributed by atoms with Gasteiger partial charge in [-0.1, -0.05) is 26.2 Å². The zero-order chi connectivity index (χ0) is 12.7. The highest BCUT2D eigenvalue weighted by Gasteiger charge is 2.36. The molecule has 0 radical (unpaired) electrons. The molecule has 0 amide bonds. The summed E-state index contributed by atoms with van der Waals surface area (Å²) in [5, 5.41) is 8.94. The highest BCUT2D eigenvalue weighted by molar-refractivity contribution is 7.99. The molecular weight excluding hydrogens is 240 g/mol. The molecule has 0 saturated carbocycles. The van der Waals surface area contributed by atoms with E-state index in [-0.39, 0.29) is 5.97 Å². The normalized spacial score (nSPS) is 23.6. The fraction of sp³-hybridized carbons (Fsp3) is 0.833. The smallest absolute Gasteiger partial charge is 0.311 e. The summed E-state index contributed by atoms with van der Waals surface area (Å²) in [6, 6.07) is 0. The van der Waals surface area contributed by atoms with Gasteiger partial charge in [-0.15, -0.1) is 0 Å². The molecule has 1 rings (SSSR count). The van der Waals surface area contributed by atoms with Gasteiger partial charge in [0.25, 0.3) is 0 Å². The predicted octanol–water partition coefficient (Wildman–Crippen LogP) is 2.32. The molecule has 1 aliphatic heterocycles. The molecule has 2 unspecified atom stereocenters. The van der Waals surface area contributed by atoms with Crippen LogP contribution in [-0.2, 0) is 14.3 Å². The largest absolute Gasteiger partial charge is 0.481 e. The van der Waals surface area contributed by atoms with Crippen molar-refractivity contribution in [1.29, 1.82) is 0 Å². The maximum absolute atomic E-state index is 11.5. The van der Waals surface area contributed by atoms with E-state index < -0.39 is 18.0 Å². The molecule has 0 aromatic carbocycles. The fourth-order valence-electron chi connectivity index (χ4n) is 1.80. The van der Waals surface area contributed by atoms with E-state index in [1.54, 1.807) is 0 Å². The maximum atomic E-state index is 11.5. The summed E-state index contributed by atoms with van der Waals surface area (Å²) in [5.74, 6) is -0.487. The van der Waals surface area contributed by atoms with E-state index >= 15 is 0 Å². The number of hydrogen-bond donors (Lipinski definition) is 1. The van der Waals surface area contributed by atoms with Crippen molar-refractivity contribution < 1.29 is 19.4 Å². The van der Waals surface area contributed by atoms with E-state index in [0.717, 1.165) is 25.7 Å². The maximum Gasteiger partial charge on any atom is 0.311 e. The lowest BCUT2D eigenvalue weighted by Gasteiger charge is -2.15. The van der Waals surface area contributed by atoms with Crippen LogP contribution in [0.15, 0.2) is 0 Å². The Balaban J connectivity index is 2.23. The van der Waals surface area contributed by atoms with Gasteiger partial charge in [0.05, 0.1) is 0 Å². The van der Waals surface area contributed by atoms with Crippen molar-refractivity contribution >= 4 is 23.7 Å². The Bertz CT molecular complexity index is 267. The van der Waals surface area contributed by atoms with Gasteiger partial charge >= 0.3 is 11.9 Å². The standard InChI is InChI=1S/C12H20O4S/c1-2-3-4-5-6-11(13)16-10-8-17-7-9(10)12(14)15/h9-10H,2-8H2,1H3,(H,14,15). The second-order valence-electron chi connectivity index (χ2n) is 4.32. The summed E-state index contributed by atoms with van der Waals surface area (Å²) in [4.78, 5) is 22.4. The molecule has 1 N–H and O–H groups in total. The van der Waals surface area contributed by atoms with Gasteiger partial charge in [-0.05, 0) is 6.42 Å². The van der Waals surface area contributed by atoms with Crippen molar-refractivity contribution in [2.45, 2.75) is 45.1 Å². The molecule has 5 heteroatoms. The summed E-state index contributed by atoms with van der Waals surface area (Å²) < 4.78 is 5.22. The summed E-state index contributed by atoms with van der Waals surface area (Å²) in [7, 11) is 0. The summed E-state index contributed by atoms with van der Waals surface area (Å²) in [6.45, 7) is 2.12. The second-order valence-corrected chi connectivity index (χ2v) is 5.40. The Labute approximate surface area is 106 Å². The van der Waals surface area contributed by atoms with Gasteiger partial charge in [0.2, 0.25) is 0 Å². The van der Waals surface area contributed by atoms with Crippen molar-refractivity contribution in [2.24, 2.45) is 5.92 Å². The summed E-state index contributed by atoms with van der Waals surface area (Å²) in [5.41, 5.74) is 0. The molecule has 0 aromatic rings. The van der Waals surface area contributed by atoms with E-state index in [2.05, 4.69) is 6.92 Å². The molecule has 0 spiro atoms. The molecule has 2 atom stereocenters. The first-order valence-corrected chi connectivity index (χ1v) is 7.30. The molecule has 0 aromatic heterocycles. The molecule has 17 heavy (non-hydrogen) atoms. The number of ether oxygens (including phenoxy) is 1. The van der Waals surface area contributed by atoms with Crippen LogP contribution in [0.4, 0.5) is 0 Å². The fourth-order valence-corrected chi connectivity index (χ4v) is 3.08. The minimum atomic E-state index is -0.862. The molecule has 98 valence electrons. The van der Waals surface area contributed by atoms with Crippen LogP contribution in [0.3, 0.4) is 0 Å². The predicted molar refractivity (Wildman–Crippen MR) is 67.1 cm³/mol. The molecule has 1 aliphatic rings. The van der Waals surface area contributed by atoms with Crippen molar-refractivity contribution in [1.82, 2.24) is 0 Å². The topological polar surface area (TPSA) is 63.6 Å². The average molecular weight is 260 g/mol. The van der Waals surface area contributed by atoms with Crippen LogP contribution in [0.25, 0.3) is 0 Å². The van der Waals surface area contributed by atoms with Crippen molar-refractivity contribution in [3.05, 3.63) is 0 Å². The lowest BCUT2D eigenvalue weighted by molar-refractivity contribution is -0.155. The second kappa shape index (κ2) is 7.58. The number of carboxylic acid groups (broad SMARTS) is 1. The van der Waals surface area contributed by atoms with Crippen LogP contribution in [0.2, 0.25) is 0 Å². The molecule has 0 aliphatic carbocycles. The van der Waals surface area contributed by atoms with E-state index in [0.29, 0.717) is 17.9 Å². The first-order chi connectivity index (χ1) is 8.15. The molecule has 4 nitrogen and oxygen atoms in total. The minimum Gasteiger partial charge on any atom is -0.481 e. The molecule has 0 bridgehead atoms. The van der Waals surface area contributed by atoms with Crippen molar-refractivity contribution in [3.8, 4) is 0 Å². The first kappa shape index (κ1) is 14.4. The van der Waals surface area contributed by atoms with Crippen LogP contribution in [-0.4, -0.2) is 34.7 Å². The number of unbranched alkanes of at least 4 members (excludes halogenated alkanes) is 3. The first-order valence-electron chi connectivity index (χ1n) is 6.15. The Hall–Kier alpha value is -0.710.